The van der Waals surface area contributed by atoms with Crippen LogP contribution < -0.4 is 10.6 Å². The minimum absolute atomic E-state index is 0.0443. The van der Waals surface area contributed by atoms with Gasteiger partial charge in [0.1, 0.15) is 5.78 Å². The lowest BCUT2D eigenvalue weighted by Gasteiger charge is -2.26. The van der Waals surface area contributed by atoms with Crippen molar-refractivity contribution in [3.8, 4) is 0 Å². The minimum atomic E-state index is -0.622. The topological polar surface area (TPSA) is 75.3 Å². The molecule has 5 heteroatoms. The molecule has 23 heavy (non-hydrogen) atoms. The van der Waals surface area contributed by atoms with E-state index < -0.39 is 16.9 Å². The lowest BCUT2D eigenvalue weighted by molar-refractivity contribution is -0.133. The van der Waals surface area contributed by atoms with Gasteiger partial charge in [-0.2, -0.15) is 0 Å². The molecule has 0 radical (unpaired) electrons. The van der Waals surface area contributed by atoms with E-state index in [0.29, 0.717) is 6.42 Å². The van der Waals surface area contributed by atoms with Crippen molar-refractivity contribution in [2.24, 2.45) is 10.8 Å². The third-order valence-electron chi connectivity index (χ3n) is 3.56. The maximum absolute atomic E-state index is 12.6. The SMILES string of the molecule is CC(C)NCC(=O)NC(CCC(=O)C(C)(C)C)C(=O)C(C)(C)C. The molecular formula is C18H34N2O3. The van der Waals surface area contributed by atoms with Crippen LogP contribution in [0.3, 0.4) is 0 Å². The van der Waals surface area contributed by atoms with Crippen LogP contribution in [0.5, 0.6) is 0 Å². The number of amides is 1. The molecule has 0 aromatic rings. The first-order valence-electron chi connectivity index (χ1n) is 8.35. The average molecular weight is 326 g/mol. The minimum Gasteiger partial charge on any atom is -0.345 e. The molecule has 2 N–H and O–H groups in total. The van der Waals surface area contributed by atoms with Crippen LogP contribution in [-0.4, -0.2) is 36.1 Å². The summed E-state index contributed by atoms with van der Waals surface area (Å²) in [6.45, 7) is 15.1. The molecule has 0 aliphatic rings. The predicted octanol–water partition coefficient (Wildman–Crippen LogP) is 2.48. The standard InChI is InChI=1S/C18H34N2O3/c1-12(2)19-11-15(22)20-13(16(23)18(6,7)8)9-10-14(21)17(3,4)5/h12-13,19H,9-11H2,1-8H3,(H,20,22). The number of ketones is 2. The van der Waals surface area contributed by atoms with Gasteiger partial charge in [0.15, 0.2) is 5.78 Å². The van der Waals surface area contributed by atoms with E-state index in [0.717, 1.165) is 0 Å². The van der Waals surface area contributed by atoms with Crippen molar-refractivity contribution in [2.75, 3.05) is 6.54 Å². The Labute approximate surface area is 141 Å². The number of hydrogen-bond donors (Lipinski definition) is 2. The van der Waals surface area contributed by atoms with Gasteiger partial charge in [0.05, 0.1) is 12.6 Å². The maximum Gasteiger partial charge on any atom is 0.234 e. The van der Waals surface area contributed by atoms with E-state index in [9.17, 15) is 14.4 Å². The molecule has 0 rings (SSSR count). The molecule has 1 unspecified atom stereocenters. The molecule has 0 bridgehead atoms. The smallest absolute Gasteiger partial charge is 0.234 e. The maximum atomic E-state index is 12.6. The van der Waals surface area contributed by atoms with E-state index in [1.807, 2.05) is 55.4 Å². The number of carbonyl (C=O) groups excluding carboxylic acids is 3. The predicted molar refractivity (Wildman–Crippen MR) is 93.2 cm³/mol. The highest BCUT2D eigenvalue weighted by molar-refractivity contribution is 5.93. The van der Waals surface area contributed by atoms with Gasteiger partial charge in [-0.15, -0.1) is 0 Å². The van der Waals surface area contributed by atoms with Crippen molar-refractivity contribution in [1.82, 2.24) is 10.6 Å². The van der Waals surface area contributed by atoms with Gasteiger partial charge >= 0.3 is 0 Å². The van der Waals surface area contributed by atoms with Crippen molar-refractivity contribution < 1.29 is 14.4 Å². The van der Waals surface area contributed by atoms with Crippen LogP contribution >= 0.6 is 0 Å². The van der Waals surface area contributed by atoms with Crippen molar-refractivity contribution in [3.05, 3.63) is 0 Å². The van der Waals surface area contributed by atoms with E-state index in [2.05, 4.69) is 10.6 Å². The van der Waals surface area contributed by atoms with Gasteiger partial charge in [-0.25, -0.2) is 0 Å². The largest absolute Gasteiger partial charge is 0.345 e. The van der Waals surface area contributed by atoms with E-state index in [-0.39, 0.29) is 36.5 Å². The fourth-order valence-electron chi connectivity index (χ4n) is 1.98. The van der Waals surface area contributed by atoms with Crippen molar-refractivity contribution >= 4 is 17.5 Å². The van der Waals surface area contributed by atoms with Crippen LogP contribution in [0.1, 0.15) is 68.2 Å². The summed E-state index contributed by atoms with van der Waals surface area (Å²) in [5.74, 6) is -0.166. The third-order valence-corrected chi connectivity index (χ3v) is 3.56. The third kappa shape index (κ3) is 8.84. The number of hydrogen-bond acceptors (Lipinski definition) is 4. The van der Waals surface area contributed by atoms with Crippen LogP contribution in [0.25, 0.3) is 0 Å². The summed E-state index contributed by atoms with van der Waals surface area (Å²) in [6, 6.07) is -0.428. The molecule has 5 nitrogen and oxygen atoms in total. The Bertz CT molecular complexity index is 429. The number of nitrogens with one attached hydrogen (secondary N) is 2. The zero-order valence-electron chi connectivity index (χ0n) is 16.0. The van der Waals surface area contributed by atoms with E-state index >= 15 is 0 Å². The molecule has 0 saturated carbocycles. The van der Waals surface area contributed by atoms with Crippen LogP contribution in [0.15, 0.2) is 0 Å². The quantitative estimate of drug-likeness (QED) is 0.718. The Balaban J connectivity index is 4.87. The summed E-state index contributed by atoms with van der Waals surface area (Å²) in [5, 5.41) is 5.81. The first-order chi connectivity index (χ1) is 10.2. The molecule has 0 heterocycles. The van der Waals surface area contributed by atoms with Gasteiger partial charge in [0.25, 0.3) is 0 Å². The normalized spacial score (nSPS) is 13.8. The van der Waals surface area contributed by atoms with Crippen LogP contribution in [0.4, 0.5) is 0 Å². The van der Waals surface area contributed by atoms with Crippen LogP contribution in [0.2, 0.25) is 0 Å². The zero-order chi connectivity index (χ0) is 18.4. The Morgan fingerprint density at radius 1 is 0.913 bits per heavy atom. The molecule has 1 atom stereocenters. The van der Waals surface area contributed by atoms with Gasteiger partial charge in [-0.05, 0) is 6.42 Å². The van der Waals surface area contributed by atoms with Gasteiger partial charge in [-0.1, -0.05) is 55.4 Å². The molecule has 0 aliphatic heterocycles. The molecule has 0 aliphatic carbocycles. The summed E-state index contributed by atoms with van der Waals surface area (Å²) < 4.78 is 0. The monoisotopic (exact) mass is 326 g/mol. The second-order valence-electron chi connectivity index (χ2n) is 8.48. The van der Waals surface area contributed by atoms with E-state index in [1.165, 1.54) is 0 Å². The van der Waals surface area contributed by atoms with Gasteiger partial charge in [-0.3, -0.25) is 14.4 Å². The fourth-order valence-corrected chi connectivity index (χ4v) is 1.98. The Hall–Kier alpha value is -1.23. The van der Waals surface area contributed by atoms with Crippen LogP contribution in [0, 0.1) is 10.8 Å². The van der Waals surface area contributed by atoms with Gasteiger partial charge in [0.2, 0.25) is 5.91 Å². The van der Waals surface area contributed by atoms with Gasteiger partial charge in [0, 0.05) is 23.3 Å². The average Bonchev–Trinajstić information content (AvgIpc) is 2.37. The summed E-state index contributed by atoms with van der Waals surface area (Å²) in [7, 11) is 0. The molecule has 0 aromatic heterocycles. The summed E-state index contributed by atoms with van der Waals surface area (Å²) in [4.78, 5) is 36.7. The first kappa shape index (κ1) is 21.8. The summed E-state index contributed by atoms with van der Waals surface area (Å²) in [5.41, 5.74) is -0.993. The Kier molecular flexibility index (Phi) is 8.12. The molecule has 134 valence electrons. The second-order valence-corrected chi connectivity index (χ2v) is 8.48. The van der Waals surface area contributed by atoms with Crippen molar-refractivity contribution in [1.29, 1.82) is 0 Å². The number of rotatable bonds is 8. The molecule has 1 amide bonds. The van der Waals surface area contributed by atoms with E-state index in [1.54, 1.807) is 0 Å². The fraction of sp³-hybridized carbons (Fsp3) is 0.833. The summed E-state index contributed by atoms with van der Waals surface area (Å²) >= 11 is 0. The lowest BCUT2D eigenvalue weighted by Crippen LogP contribution is -2.49. The lowest BCUT2D eigenvalue weighted by atomic mass is 9.82. The Morgan fingerprint density at radius 3 is 1.83 bits per heavy atom. The van der Waals surface area contributed by atoms with Crippen LogP contribution in [-0.2, 0) is 14.4 Å². The first-order valence-corrected chi connectivity index (χ1v) is 8.35. The molecule has 0 spiro atoms. The molecular weight excluding hydrogens is 292 g/mol. The van der Waals surface area contributed by atoms with Crippen molar-refractivity contribution in [3.63, 3.8) is 0 Å². The zero-order valence-corrected chi connectivity index (χ0v) is 16.0. The number of Topliss-reactive ketones (excluding diaryl/α,β-unsaturated/α-hetero) is 2. The molecule has 0 fully saturated rings. The molecule has 0 aromatic carbocycles. The highest BCUT2D eigenvalue weighted by atomic mass is 16.2. The Morgan fingerprint density at radius 2 is 1.43 bits per heavy atom. The van der Waals surface area contributed by atoms with E-state index in [4.69, 9.17) is 0 Å². The molecule has 0 saturated heterocycles. The second kappa shape index (κ2) is 8.57. The highest BCUT2D eigenvalue weighted by Crippen LogP contribution is 2.22. The van der Waals surface area contributed by atoms with Gasteiger partial charge < -0.3 is 10.6 Å². The highest BCUT2D eigenvalue weighted by Gasteiger charge is 2.32. The van der Waals surface area contributed by atoms with Crippen molar-refractivity contribution in [2.45, 2.75) is 80.3 Å². The summed E-state index contributed by atoms with van der Waals surface area (Å²) in [6.07, 6.45) is 0.632. The number of carbonyl (C=O) groups is 3.